The molecule has 1 nitrogen and oxygen atoms in total. The lowest BCUT2D eigenvalue weighted by Crippen LogP contribution is -2.09. The van der Waals surface area contributed by atoms with Crippen molar-refractivity contribution >= 4 is 17.2 Å². The van der Waals surface area contributed by atoms with Gasteiger partial charge in [-0.05, 0) is 0 Å². The van der Waals surface area contributed by atoms with E-state index in [4.69, 9.17) is 6.92 Å². The molecule has 0 atom stereocenters. The van der Waals surface area contributed by atoms with Crippen LogP contribution in [0.25, 0.3) is 0 Å². The van der Waals surface area contributed by atoms with Crippen molar-refractivity contribution in [3.8, 4) is 0 Å². The largest absolute Gasteiger partial charge is 0.382 e. The van der Waals surface area contributed by atoms with Crippen LogP contribution in [0.4, 0.5) is 0 Å². The van der Waals surface area contributed by atoms with Gasteiger partial charge in [-0.2, -0.15) is 0 Å². The summed E-state index contributed by atoms with van der Waals surface area (Å²) in [6.45, 7) is 4.91. The monoisotopic (exact) mass is 87.0 g/mol. The first-order valence-corrected chi connectivity index (χ1v) is 1.65. The summed E-state index contributed by atoms with van der Waals surface area (Å²) in [7, 11) is 1.68. The highest BCUT2D eigenvalue weighted by Gasteiger charge is 1.67. The van der Waals surface area contributed by atoms with Gasteiger partial charge in [-0.1, -0.05) is 12.2 Å². The third-order valence-electron chi connectivity index (χ3n) is 0.246. The lowest BCUT2D eigenvalue weighted by Gasteiger charge is -1.84. The standard InChI is InChI=1S/C3H5NS/c1-3(5)4-2/h1H,2H3,(H,4,5). The highest BCUT2D eigenvalue weighted by molar-refractivity contribution is 7.80. The van der Waals surface area contributed by atoms with Crippen molar-refractivity contribution in [2.75, 3.05) is 7.05 Å². The molecule has 0 spiro atoms. The third kappa shape index (κ3) is 3.89. The Labute approximate surface area is 37.4 Å². The van der Waals surface area contributed by atoms with Crippen LogP contribution in [0.5, 0.6) is 0 Å². The van der Waals surface area contributed by atoms with E-state index in [2.05, 4.69) is 17.5 Å². The molecule has 28 valence electrons. The predicted octanol–water partition coefficient (Wildman–Crippen LogP) is 0.244. The molecule has 0 aromatic heterocycles. The summed E-state index contributed by atoms with van der Waals surface area (Å²) in [5, 5.41) is 2.54. The van der Waals surface area contributed by atoms with Crippen LogP contribution >= 0.6 is 12.2 Å². The molecular formula is C3H5NS. The fourth-order valence-electron chi connectivity index (χ4n) is 0. The molecule has 0 heterocycles. The van der Waals surface area contributed by atoms with Gasteiger partial charge in [0, 0.05) is 14.0 Å². The van der Waals surface area contributed by atoms with E-state index in [-0.39, 0.29) is 0 Å². The van der Waals surface area contributed by atoms with Crippen LogP contribution in [0.2, 0.25) is 0 Å². The predicted molar refractivity (Wildman–Crippen MR) is 26.0 cm³/mol. The Morgan fingerprint density at radius 2 is 2.20 bits per heavy atom. The molecule has 0 bridgehead atoms. The highest BCUT2D eigenvalue weighted by atomic mass is 32.1. The van der Waals surface area contributed by atoms with Crippen molar-refractivity contribution in [3.05, 3.63) is 6.92 Å². The molecule has 0 rings (SSSR count). The molecule has 0 aliphatic carbocycles. The first-order chi connectivity index (χ1) is 2.27. The molecule has 2 heteroatoms. The average molecular weight is 87.1 g/mol. The van der Waals surface area contributed by atoms with Crippen LogP contribution in [0.1, 0.15) is 0 Å². The summed E-state index contributed by atoms with van der Waals surface area (Å²) < 4.78 is 0. The zero-order valence-corrected chi connectivity index (χ0v) is 3.80. The van der Waals surface area contributed by atoms with Gasteiger partial charge in [-0.15, -0.1) is 0 Å². The maximum absolute atomic E-state index is 4.91. The minimum Gasteiger partial charge on any atom is -0.382 e. The van der Waals surface area contributed by atoms with Crippen molar-refractivity contribution in [2.45, 2.75) is 0 Å². The smallest absolute Gasteiger partial charge is 0.0796 e. The van der Waals surface area contributed by atoms with E-state index in [1.165, 1.54) is 0 Å². The molecule has 5 heavy (non-hydrogen) atoms. The Morgan fingerprint density at radius 1 is 2.00 bits per heavy atom. The number of hydrogen-bond donors (Lipinski definition) is 1. The summed E-state index contributed by atoms with van der Waals surface area (Å²) >= 11 is 4.36. The molecule has 0 aromatic rings. The van der Waals surface area contributed by atoms with E-state index < -0.39 is 0 Å². The van der Waals surface area contributed by atoms with Crippen LogP contribution in [0.3, 0.4) is 0 Å². The number of thiocarbonyl (C=S) groups is 1. The van der Waals surface area contributed by atoms with Crippen LogP contribution in [-0.2, 0) is 0 Å². The molecule has 1 N–H and O–H groups in total. The second-order valence-electron chi connectivity index (χ2n) is 0.614. The molecule has 0 aliphatic heterocycles. The van der Waals surface area contributed by atoms with Crippen molar-refractivity contribution in [1.29, 1.82) is 0 Å². The lowest BCUT2D eigenvalue weighted by atomic mass is 10.8. The van der Waals surface area contributed by atoms with Crippen LogP contribution in [0, 0.1) is 6.92 Å². The molecule has 0 saturated carbocycles. The SMILES string of the molecule is [CH]C(=S)NC. The summed E-state index contributed by atoms with van der Waals surface area (Å²) in [5.74, 6) is 0. The first kappa shape index (κ1) is 4.89. The second-order valence-corrected chi connectivity index (χ2v) is 1.05. The third-order valence-corrected chi connectivity index (χ3v) is 0.451. The van der Waals surface area contributed by atoms with Gasteiger partial charge in [0.05, 0.1) is 4.99 Å². The fraction of sp³-hybridized carbons (Fsp3) is 0.333. The summed E-state index contributed by atoms with van der Waals surface area (Å²) in [6.07, 6.45) is 0. The van der Waals surface area contributed by atoms with Crippen LogP contribution in [0.15, 0.2) is 0 Å². The van der Waals surface area contributed by atoms with Gasteiger partial charge >= 0.3 is 0 Å². The molecule has 0 unspecified atom stereocenters. The normalized spacial score (nSPS) is 6.80. The van der Waals surface area contributed by atoms with Gasteiger partial charge in [0.15, 0.2) is 0 Å². The first-order valence-electron chi connectivity index (χ1n) is 1.24. The van der Waals surface area contributed by atoms with E-state index in [0.717, 1.165) is 0 Å². The zero-order valence-electron chi connectivity index (χ0n) is 2.99. The lowest BCUT2D eigenvalue weighted by molar-refractivity contribution is 1.21. The Bertz CT molecular complexity index is 42.2. The Morgan fingerprint density at radius 3 is 2.20 bits per heavy atom. The number of nitrogens with one attached hydrogen (secondary N) is 1. The average Bonchev–Trinajstić information content (AvgIpc) is 1.38. The molecule has 0 amide bonds. The second kappa shape index (κ2) is 2.15. The summed E-state index contributed by atoms with van der Waals surface area (Å²) in [5.41, 5.74) is 0. The minimum atomic E-state index is 0.338. The Kier molecular flexibility index (Phi) is 2.10. The van der Waals surface area contributed by atoms with Crippen molar-refractivity contribution in [2.24, 2.45) is 0 Å². The maximum atomic E-state index is 4.91. The van der Waals surface area contributed by atoms with E-state index in [1.54, 1.807) is 7.05 Å². The van der Waals surface area contributed by atoms with Crippen molar-refractivity contribution in [1.82, 2.24) is 5.32 Å². The molecule has 0 aromatic carbocycles. The highest BCUT2D eigenvalue weighted by Crippen LogP contribution is 1.55. The van der Waals surface area contributed by atoms with Crippen molar-refractivity contribution < 1.29 is 0 Å². The van der Waals surface area contributed by atoms with E-state index in [9.17, 15) is 0 Å². The fourth-order valence-corrected chi connectivity index (χ4v) is 0. The van der Waals surface area contributed by atoms with Crippen LogP contribution < -0.4 is 5.32 Å². The van der Waals surface area contributed by atoms with Crippen molar-refractivity contribution in [3.63, 3.8) is 0 Å². The van der Waals surface area contributed by atoms with Gasteiger partial charge in [-0.3, -0.25) is 0 Å². The van der Waals surface area contributed by atoms with Gasteiger partial charge in [-0.25, -0.2) is 0 Å². The molecule has 0 saturated heterocycles. The molecule has 0 fully saturated rings. The Hall–Kier alpha value is -0.110. The topological polar surface area (TPSA) is 12.0 Å². The van der Waals surface area contributed by atoms with Gasteiger partial charge in [0.1, 0.15) is 0 Å². The summed E-state index contributed by atoms with van der Waals surface area (Å²) in [4.78, 5) is 0.338. The minimum absolute atomic E-state index is 0.338. The molecular weight excluding hydrogens is 82.1 g/mol. The maximum Gasteiger partial charge on any atom is 0.0796 e. The van der Waals surface area contributed by atoms with Gasteiger partial charge in [0.25, 0.3) is 0 Å². The molecule has 2 radical (unpaired) electrons. The van der Waals surface area contributed by atoms with E-state index in [1.807, 2.05) is 0 Å². The zero-order chi connectivity index (χ0) is 4.28. The molecule has 0 aliphatic rings. The van der Waals surface area contributed by atoms with Gasteiger partial charge < -0.3 is 5.32 Å². The Balaban J connectivity index is 2.85. The van der Waals surface area contributed by atoms with Crippen LogP contribution in [-0.4, -0.2) is 12.0 Å². The summed E-state index contributed by atoms with van der Waals surface area (Å²) in [6, 6.07) is 0. The van der Waals surface area contributed by atoms with E-state index in [0.29, 0.717) is 4.99 Å². The number of rotatable bonds is 0. The van der Waals surface area contributed by atoms with E-state index >= 15 is 0 Å². The quantitative estimate of drug-likeness (QED) is 0.425. The number of hydrogen-bond acceptors (Lipinski definition) is 1. The van der Waals surface area contributed by atoms with Gasteiger partial charge in [0.2, 0.25) is 0 Å².